The van der Waals surface area contributed by atoms with Crippen molar-refractivity contribution >= 4 is 21.9 Å². The van der Waals surface area contributed by atoms with Crippen LogP contribution in [0.5, 0.6) is 0 Å². The molecular formula is C15H18N2O5S. The Hall–Kier alpha value is -2.19. The van der Waals surface area contributed by atoms with Crippen LogP contribution >= 0.6 is 0 Å². The van der Waals surface area contributed by atoms with Crippen LogP contribution in [0.1, 0.15) is 23.2 Å². The van der Waals surface area contributed by atoms with Crippen molar-refractivity contribution in [2.24, 2.45) is 0 Å². The Bertz CT molecular complexity index is 729. The summed E-state index contributed by atoms with van der Waals surface area (Å²) in [5.41, 5.74) is 0.152. The maximum atomic E-state index is 12.5. The van der Waals surface area contributed by atoms with E-state index in [1.807, 2.05) is 0 Å². The number of nitrogens with zero attached hydrogens (tertiary/aromatic N) is 1. The third-order valence-electron chi connectivity index (χ3n) is 3.61. The molecule has 124 valence electrons. The molecule has 1 saturated heterocycles. The van der Waals surface area contributed by atoms with E-state index in [0.717, 1.165) is 0 Å². The highest BCUT2D eigenvalue weighted by Gasteiger charge is 2.34. The van der Waals surface area contributed by atoms with Crippen LogP contribution in [-0.4, -0.2) is 49.4 Å². The second-order valence-electron chi connectivity index (χ2n) is 5.16. The first-order chi connectivity index (χ1) is 10.9. The van der Waals surface area contributed by atoms with E-state index >= 15 is 0 Å². The van der Waals surface area contributed by atoms with Crippen LogP contribution in [0.25, 0.3) is 0 Å². The van der Waals surface area contributed by atoms with Crippen molar-refractivity contribution in [1.29, 1.82) is 0 Å². The highest BCUT2D eigenvalue weighted by molar-refractivity contribution is 7.89. The van der Waals surface area contributed by atoms with E-state index < -0.39 is 27.9 Å². The summed E-state index contributed by atoms with van der Waals surface area (Å²) in [6.45, 7) is 3.86. The summed E-state index contributed by atoms with van der Waals surface area (Å²) in [5, 5.41) is 9.15. The molecule has 7 nitrogen and oxygen atoms in total. The number of amides is 1. The molecule has 0 radical (unpaired) electrons. The third kappa shape index (κ3) is 3.77. The number of carbonyl (C=O) groups is 2. The topological polar surface area (TPSA) is 104 Å². The average Bonchev–Trinajstić information content (AvgIpc) is 3.02. The summed E-state index contributed by atoms with van der Waals surface area (Å²) >= 11 is 0. The number of likely N-dealkylation sites (tertiary alicyclic amines) is 1. The molecule has 8 heteroatoms. The van der Waals surface area contributed by atoms with Crippen molar-refractivity contribution in [2.75, 3.05) is 13.1 Å². The van der Waals surface area contributed by atoms with Gasteiger partial charge in [0.1, 0.15) is 6.04 Å². The summed E-state index contributed by atoms with van der Waals surface area (Å²) in [6, 6.07) is 4.71. The highest BCUT2D eigenvalue weighted by atomic mass is 32.2. The van der Waals surface area contributed by atoms with Crippen LogP contribution in [0.2, 0.25) is 0 Å². The lowest BCUT2D eigenvalue weighted by Gasteiger charge is -2.21. The fraction of sp³-hybridized carbons (Fsp3) is 0.333. The lowest BCUT2D eigenvalue weighted by atomic mass is 10.1. The second-order valence-corrected chi connectivity index (χ2v) is 6.93. The minimum absolute atomic E-state index is 0.0451. The highest BCUT2D eigenvalue weighted by Crippen LogP contribution is 2.21. The number of carboxylic acids is 1. The molecule has 1 aromatic rings. The zero-order valence-corrected chi connectivity index (χ0v) is 13.3. The van der Waals surface area contributed by atoms with Gasteiger partial charge in [0.05, 0.1) is 4.90 Å². The first-order valence-electron chi connectivity index (χ1n) is 7.11. The summed E-state index contributed by atoms with van der Waals surface area (Å²) < 4.78 is 26.5. The van der Waals surface area contributed by atoms with Crippen LogP contribution < -0.4 is 4.72 Å². The lowest BCUT2D eigenvalue weighted by molar-refractivity contribution is -0.141. The van der Waals surface area contributed by atoms with Crippen molar-refractivity contribution in [3.63, 3.8) is 0 Å². The Labute approximate surface area is 134 Å². The molecule has 0 aliphatic carbocycles. The van der Waals surface area contributed by atoms with Gasteiger partial charge in [-0.1, -0.05) is 12.1 Å². The molecule has 1 fully saturated rings. The van der Waals surface area contributed by atoms with E-state index in [0.29, 0.717) is 19.4 Å². The number of carbonyl (C=O) groups excluding carboxylic acids is 1. The van der Waals surface area contributed by atoms with Crippen LogP contribution in [0.15, 0.2) is 41.8 Å². The first-order valence-corrected chi connectivity index (χ1v) is 8.59. The summed E-state index contributed by atoms with van der Waals surface area (Å²) in [7, 11) is -3.74. The second kappa shape index (κ2) is 6.93. The fourth-order valence-corrected chi connectivity index (χ4v) is 3.52. The van der Waals surface area contributed by atoms with Crippen molar-refractivity contribution in [3.05, 3.63) is 42.5 Å². The zero-order valence-electron chi connectivity index (χ0n) is 12.4. The van der Waals surface area contributed by atoms with Gasteiger partial charge in [0.15, 0.2) is 0 Å². The quantitative estimate of drug-likeness (QED) is 0.748. The van der Waals surface area contributed by atoms with E-state index in [2.05, 4.69) is 11.3 Å². The zero-order chi connectivity index (χ0) is 17.0. The van der Waals surface area contributed by atoms with Crippen LogP contribution in [0.4, 0.5) is 0 Å². The predicted molar refractivity (Wildman–Crippen MR) is 83.5 cm³/mol. The van der Waals surface area contributed by atoms with Crippen molar-refractivity contribution in [1.82, 2.24) is 9.62 Å². The standard InChI is InChI=1S/C15H18N2O5S/c1-2-8-16-23(21,22)12-6-3-5-11(10-12)14(18)17-9-4-7-13(17)15(19)20/h2-3,5-6,10,13,16H,1,4,7-9H2,(H,19,20). The van der Waals surface area contributed by atoms with Gasteiger partial charge in [-0.15, -0.1) is 6.58 Å². The molecule has 1 aliphatic rings. The van der Waals surface area contributed by atoms with Crippen LogP contribution in [-0.2, 0) is 14.8 Å². The SMILES string of the molecule is C=CCNS(=O)(=O)c1cccc(C(=O)N2CCCC2C(=O)O)c1. The number of aliphatic carboxylic acids is 1. The molecule has 0 bridgehead atoms. The molecular weight excluding hydrogens is 320 g/mol. The number of benzene rings is 1. The van der Waals surface area contributed by atoms with Crippen LogP contribution in [0, 0.1) is 0 Å². The van der Waals surface area contributed by atoms with E-state index in [9.17, 15) is 18.0 Å². The number of rotatable bonds is 6. The van der Waals surface area contributed by atoms with Gasteiger partial charge in [-0.25, -0.2) is 17.9 Å². The van der Waals surface area contributed by atoms with Crippen molar-refractivity contribution in [2.45, 2.75) is 23.8 Å². The predicted octanol–water partition coefficient (Wildman–Crippen LogP) is 0.840. The summed E-state index contributed by atoms with van der Waals surface area (Å²) in [5.74, 6) is -1.53. The van der Waals surface area contributed by atoms with Crippen molar-refractivity contribution < 1.29 is 23.1 Å². The molecule has 1 aliphatic heterocycles. The summed E-state index contributed by atoms with van der Waals surface area (Å²) in [6.07, 6.45) is 2.43. The molecule has 23 heavy (non-hydrogen) atoms. The number of carboxylic acid groups (broad SMARTS) is 1. The maximum Gasteiger partial charge on any atom is 0.326 e. The van der Waals surface area contributed by atoms with Gasteiger partial charge in [0, 0.05) is 18.7 Å². The minimum atomic E-state index is -3.74. The minimum Gasteiger partial charge on any atom is -0.480 e. The number of nitrogens with one attached hydrogen (secondary N) is 1. The van der Waals surface area contributed by atoms with Gasteiger partial charge in [-0.3, -0.25) is 4.79 Å². The van der Waals surface area contributed by atoms with Gasteiger partial charge in [0.2, 0.25) is 10.0 Å². The Morgan fingerprint density at radius 3 is 2.83 bits per heavy atom. The number of hydrogen-bond donors (Lipinski definition) is 2. The van der Waals surface area contributed by atoms with Gasteiger partial charge in [-0.2, -0.15) is 0 Å². The largest absolute Gasteiger partial charge is 0.480 e. The summed E-state index contributed by atoms with van der Waals surface area (Å²) in [4.78, 5) is 24.9. The van der Waals surface area contributed by atoms with E-state index in [4.69, 9.17) is 5.11 Å². The molecule has 1 heterocycles. The molecule has 1 unspecified atom stereocenters. The average molecular weight is 338 g/mol. The molecule has 0 saturated carbocycles. The van der Waals surface area contributed by atoms with Crippen LogP contribution in [0.3, 0.4) is 0 Å². The van der Waals surface area contributed by atoms with E-state index in [1.54, 1.807) is 0 Å². The van der Waals surface area contributed by atoms with Gasteiger partial charge < -0.3 is 10.0 Å². The Kier molecular flexibility index (Phi) is 5.17. The Morgan fingerprint density at radius 1 is 1.43 bits per heavy atom. The molecule has 2 N–H and O–H groups in total. The normalized spacial score (nSPS) is 17.9. The van der Waals surface area contributed by atoms with Crippen molar-refractivity contribution in [3.8, 4) is 0 Å². The number of hydrogen-bond acceptors (Lipinski definition) is 4. The molecule has 0 spiro atoms. The molecule has 1 atom stereocenters. The molecule has 2 rings (SSSR count). The third-order valence-corrected chi connectivity index (χ3v) is 5.03. The smallest absolute Gasteiger partial charge is 0.326 e. The molecule has 1 aromatic carbocycles. The molecule has 0 aromatic heterocycles. The maximum absolute atomic E-state index is 12.5. The van der Waals surface area contributed by atoms with E-state index in [1.165, 1.54) is 35.2 Å². The van der Waals surface area contributed by atoms with Gasteiger partial charge in [-0.05, 0) is 31.0 Å². The monoisotopic (exact) mass is 338 g/mol. The fourth-order valence-electron chi connectivity index (χ4n) is 2.48. The first kappa shape index (κ1) is 17.2. The van der Waals surface area contributed by atoms with Gasteiger partial charge in [0.25, 0.3) is 5.91 Å². The Balaban J connectivity index is 2.27. The molecule has 1 amide bonds. The lowest BCUT2D eigenvalue weighted by Crippen LogP contribution is -2.40. The van der Waals surface area contributed by atoms with E-state index in [-0.39, 0.29) is 17.0 Å². The number of sulfonamides is 1. The van der Waals surface area contributed by atoms with Gasteiger partial charge >= 0.3 is 5.97 Å². The Morgan fingerprint density at radius 2 is 2.17 bits per heavy atom.